The van der Waals surface area contributed by atoms with Crippen LogP contribution in [-0.2, 0) is 18.1 Å². The summed E-state index contributed by atoms with van der Waals surface area (Å²) in [7, 11) is -3.58. The lowest BCUT2D eigenvalue weighted by Crippen LogP contribution is -2.20. The molecule has 4 atom stereocenters. The van der Waals surface area contributed by atoms with Crippen molar-refractivity contribution in [2.75, 3.05) is 25.7 Å². The van der Waals surface area contributed by atoms with Crippen LogP contribution in [-0.4, -0.2) is 36.5 Å². The van der Waals surface area contributed by atoms with Crippen molar-refractivity contribution >= 4 is 42.6 Å². The second kappa shape index (κ2) is 7.54. The van der Waals surface area contributed by atoms with Gasteiger partial charge in [-0.1, -0.05) is 6.92 Å². The molecule has 1 saturated heterocycles. The van der Waals surface area contributed by atoms with E-state index in [1.165, 1.54) is 0 Å². The monoisotopic (exact) mass is 324 g/mol. The van der Waals surface area contributed by atoms with Gasteiger partial charge in [-0.3, -0.25) is 13.6 Å². The molecule has 0 amide bonds. The van der Waals surface area contributed by atoms with Crippen LogP contribution in [0.5, 0.6) is 0 Å². The lowest BCUT2D eigenvalue weighted by Gasteiger charge is -2.18. The fourth-order valence-corrected chi connectivity index (χ4v) is 3.49. The van der Waals surface area contributed by atoms with Crippen molar-refractivity contribution < 1.29 is 18.1 Å². The van der Waals surface area contributed by atoms with Crippen molar-refractivity contribution in [1.29, 1.82) is 0 Å². The van der Waals surface area contributed by atoms with Crippen LogP contribution in [0.15, 0.2) is 0 Å². The highest BCUT2D eigenvalue weighted by Gasteiger charge is 2.32. The van der Waals surface area contributed by atoms with Gasteiger partial charge in [-0.2, -0.15) is 0 Å². The molecule has 0 aliphatic carbocycles. The quantitative estimate of drug-likeness (QED) is 0.587. The van der Waals surface area contributed by atoms with Gasteiger partial charge in [0.05, 0.1) is 30.6 Å². The smallest absolute Gasteiger partial charge is 0.286 e. The highest BCUT2D eigenvalue weighted by Crippen LogP contribution is 2.51. The first-order chi connectivity index (χ1) is 7.97. The van der Waals surface area contributed by atoms with E-state index in [1.54, 1.807) is 0 Å². The zero-order valence-corrected chi connectivity index (χ0v) is 12.6. The summed E-state index contributed by atoms with van der Waals surface area (Å²) in [5, 5.41) is -0.535. The van der Waals surface area contributed by atoms with Gasteiger partial charge in [0.2, 0.25) is 0 Å². The number of hydrogen-bond donors (Lipinski definition) is 0. The van der Waals surface area contributed by atoms with E-state index in [2.05, 4.69) is 0 Å². The third kappa shape index (κ3) is 5.65. The molecule has 1 heterocycles. The molecule has 1 aliphatic heterocycles. The Morgan fingerprint density at radius 3 is 2.65 bits per heavy atom. The van der Waals surface area contributed by atoms with Gasteiger partial charge in [0.1, 0.15) is 0 Å². The fraction of sp³-hybridized carbons (Fsp3) is 1.00. The first-order valence-electron chi connectivity index (χ1n) is 5.34. The first-order valence-corrected chi connectivity index (χ1v) is 8.21. The number of phosphoric ester groups is 1. The molecule has 8 heteroatoms. The summed E-state index contributed by atoms with van der Waals surface area (Å²) in [6.07, 6.45) is 0.675. The predicted octanol–water partition coefficient (Wildman–Crippen LogP) is 3.64. The van der Waals surface area contributed by atoms with E-state index in [1.807, 2.05) is 6.92 Å². The zero-order valence-electron chi connectivity index (χ0n) is 9.48. The van der Waals surface area contributed by atoms with Gasteiger partial charge < -0.3 is 0 Å². The normalized spacial score (nSPS) is 40.4. The molecule has 102 valence electrons. The van der Waals surface area contributed by atoms with Crippen LogP contribution in [0, 0.1) is 5.92 Å². The van der Waals surface area contributed by atoms with E-state index in [0.29, 0.717) is 6.42 Å². The summed E-state index contributed by atoms with van der Waals surface area (Å²) in [4.78, 5) is 0. The molecule has 0 saturated carbocycles. The zero-order chi connectivity index (χ0) is 12.9. The summed E-state index contributed by atoms with van der Waals surface area (Å²) >= 11 is 17.6. The first kappa shape index (κ1) is 16.0. The fourth-order valence-electron chi connectivity index (χ4n) is 1.38. The maximum atomic E-state index is 12.1. The molecule has 1 rings (SSSR count). The molecule has 0 bridgehead atoms. The van der Waals surface area contributed by atoms with Crippen LogP contribution in [0.2, 0.25) is 0 Å². The standard InChI is InChI=1S/C9H16Cl3O4P/c1-7-4-8(11)5-15-17(13,14-3-2-10)16-6-9(7)12/h7-9H,2-6H2,1H3. The Bertz CT molecular complexity index is 279. The SMILES string of the molecule is CC1CC(Cl)COP(=O)(OCCCl)OCC1Cl. The van der Waals surface area contributed by atoms with Gasteiger partial charge in [-0.15, -0.1) is 34.8 Å². The van der Waals surface area contributed by atoms with Crippen LogP contribution >= 0.6 is 42.6 Å². The van der Waals surface area contributed by atoms with Crippen LogP contribution in [0.4, 0.5) is 0 Å². The van der Waals surface area contributed by atoms with Gasteiger partial charge >= 0.3 is 7.82 Å². The molecule has 4 nitrogen and oxygen atoms in total. The maximum Gasteiger partial charge on any atom is 0.474 e. The molecule has 4 unspecified atom stereocenters. The summed E-state index contributed by atoms with van der Waals surface area (Å²) in [6, 6.07) is 0. The molecule has 0 spiro atoms. The average molecular weight is 326 g/mol. The Morgan fingerprint density at radius 1 is 1.35 bits per heavy atom. The second-order valence-corrected chi connectivity index (χ2v) is 7.11. The highest BCUT2D eigenvalue weighted by atomic mass is 35.5. The Morgan fingerprint density at radius 2 is 2.00 bits per heavy atom. The van der Waals surface area contributed by atoms with Gasteiger partial charge in [0, 0.05) is 5.88 Å². The lowest BCUT2D eigenvalue weighted by molar-refractivity contribution is 0.121. The van der Waals surface area contributed by atoms with Crippen molar-refractivity contribution in [2.24, 2.45) is 5.92 Å². The molecule has 1 fully saturated rings. The van der Waals surface area contributed by atoms with E-state index >= 15 is 0 Å². The molecular weight excluding hydrogens is 309 g/mol. The lowest BCUT2D eigenvalue weighted by atomic mass is 10.0. The minimum Gasteiger partial charge on any atom is -0.286 e. The number of hydrogen-bond acceptors (Lipinski definition) is 4. The highest BCUT2D eigenvalue weighted by molar-refractivity contribution is 7.48. The Hall–Kier alpha value is 0.980. The topological polar surface area (TPSA) is 44.8 Å². The van der Waals surface area contributed by atoms with Gasteiger partial charge in [0.15, 0.2) is 0 Å². The summed E-state index contributed by atoms with van der Waals surface area (Å²) in [5.41, 5.74) is 0. The largest absolute Gasteiger partial charge is 0.474 e. The van der Waals surface area contributed by atoms with E-state index in [0.717, 1.165) is 0 Å². The van der Waals surface area contributed by atoms with Crippen LogP contribution < -0.4 is 0 Å². The molecule has 0 aromatic rings. The Balaban J connectivity index is 2.65. The number of alkyl halides is 3. The Kier molecular flexibility index (Phi) is 7.11. The molecule has 17 heavy (non-hydrogen) atoms. The summed E-state index contributed by atoms with van der Waals surface area (Å²) < 4.78 is 27.3. The van der Waals surface area contributed by atoms with E-state index in [4.69, 9.17) is 48.4 Å². The molecular formula is C9H16Cl3O4P. The third-order valence-corrected chi connectivity index (χ3v) is 4.82. The van der Waals surface area contributed by atoms with E-state index < -0.39 is 7.82 Å². The molecule has 0 aromatic carbocycles. The number of halogens is 3. The van der Waals surface area contributed by atoms with Crippen molar-refractivity contribution in [3.8, 4) is 0 Å². The maximum absolute atomic E-state index is 12.1. The predicted molar refractivity (Wildman–Crippen MR) is 69.2 cm³/mol. The minimum absolute atomic E-state index is 0.0916. The second-order valence-electron chi connectivity index (χ2n) is 3.89. The van der Waals surface area contributed by atoms with Crippen LogP contribution in [0.1, 0.15) is 13.3 Å². The minimum atomic E-state index is -3.58. The number of phosphoric acid groups is 1. The van der Waals surface area contributed by atoms with Crippen LogP contribution in [0.3, 0.4) is 0 Å². The molecule has 0 aromatic heterocycles. The Labute approximate surface area is 116 Å². The van der Waals surface area contributed by atoms with Gasteiger partial charge in [-0.05, 0) is 12.3 Å². The molecule has 1 aliphatic rings. The van der Waals surface area contributed by atoms with Gasteiger partial charge in [-0.25, -0.2) is 4.57 Å². The molecule has 0 N–H and O–H groups in total. The average Bonchev–Trinajstić information content (AvgIpc) is 2.34. The van der Waals surface area contributed by atoms with Crippen molar-refractivity contribution in [1.82, 2.24) is 0 Å². The third-order valence-electron chi connectivity index (χ3n) is 2.38. The van der Waals surface area contributed by atoms with Crippen molar-refractivity contribution in [2.45, 2.75) is 24.1 Å². The van der Waals surface area contributed by atoms with E-state index in [9.17, 15) is 4.57 Å². The van der Waals surface area contributed by atoms with Crippen molar-refractivity contribution in [3.63, 3.8) is 0 Å². The van der Waals surface area contributed by atoms with Crippen LogP contribution in [0.25, 0.3) is 0 Å². The summed E-state index contributed by atoms with van der Waals surface area (Å²) in [5.74, 6) is 0.365. The summed E-state index contributed by atoms with van der Waals surface area (Å²) in [6.45, 7) is 2.27. The van der Waals surface area contributed by atoms with Crippen molar-refractivity contribution in [3.05, 3.63) is 0 Å². The molecule has 0 radical (unpaired) electrons. The van der Waals surface area contributed by atoms with E-state index in [-0.39, 0.29) is 42.4 Å². The number of rotatable bonds is 3. The van der Waals surface area contributed by atoms with Gasteiger partial charge in [0.25, 0.3) is 0 Å².